The van der Waals surface area contributed by atoms with Crippen LogP contribution in [-0.2, 0) is 0 Å². The average molecular weight is 235 g/mol. The van der Waals surface area contributed by atoms with E-state index in [0.29, 0.717) is 6.54 Å². The number of carbonyl (C=O) groups excluding carboxylic acids is 1. The van der Waals surface area contributed by atoms with E-state index in [1.807, 2.05) is 31.2 Å². The number of urea groups is 1. The molecule has 1 atom stereocenters. The molecule has 2 amide bonds. The number of rotatable bonds is 5. The maximum absolute atomic E-state index is 11.6. The van der Waals surface area contributed by atoms with Gasteiger partial charge in [0.1, 0.15) is 0 Å². The Morgan fingerprint density at radius 1 is 1.47 bits per heavy atom. The van der Waals surface area contributed by atoms with Crippen molar-refractivity contribution < 1.29 is 4.79 Å². The first-order valence-corrected chi connectivity index (χ1v) is 5.99. The minimum atomic E-state index is -0.206. The lowest BCUT2D eigenvalue weighted by Gasteiger charge is -2.12. The molecule has 0 aliphatic rings. The van der Waals surface area contributed by atoms with Gasteiger partial charge < -0.3 is 16.4 Å². The molecular formula is C13H21N3O. The minimum absolute atomic E-state index is 0.0308. The number of benzene rings is 1. The van der Waals surface area contributed by atoms with Crippen LogP contribution in [0.5, 0.6) is 0 Å². The van der Waals surface area contributed by atoms with Crippen LogP contribution in [-0.4, -0.2) is 18.6 Å². The maximum Gasteiger partial charge on any atom is 0.319 e. The number of anilines is 1. The van der Waals surface area contributed by atoms with Crippen molar-refractivity contribution in [1.29, 1.82) is 0 Å². The number of nitrogens with one attached hydrogen (secondary N) is 2. The maximum atomic E-state index is 11.6. The van der Waals surface area contributed by atoms with E-state index in [9.17, 15) is 4.79 Å². The van der Waals surface area contributed by atoms with Crippen molar-refractivity contribution in [3.8, 4) is 0 Å². The fourth-order valence-corrected chi connectivity index (χ4v) is 1.59. The third-order valence-corrected chi connectivity index (χ3v) is 2.46. The molecule has 0 spiro atoms. The first-order chi connectivity index (χ1) is 8.11. The first-order valence-electron chi connectivity index (χ1n) is 5.99. The van der Waals surface area contributed by atoms with Crippen LogP contribution in [0.2, 0.25) is 0 Å². The number of hydrogen-bond donors (Lipinski definition) is 3. The molecule has 0 aliphatic heterocycles. The van der Waals surface area contributed by atoms with Crippen LogP contribution in [0, 0.1) is 6.92 Å². The summed E-state index contributed by atoms with van der Waals surface area (Å²) in [5.74, 6) is 0. The van der Waals surface area contributed by atoms with Gasteiger partial charge in [0, 0.05) is 18.3 Å². The third kappa shape index (κ3) is 5.36. The summed E-state index contributed by atoms with van der Waals surface area (Å²) in [5, 5.41) is 5.53. The molecule has 0 aliphatic carbocycles. The Labute approximate surface area is 103 Å². The Morgan fingerprint density at radius 3 is 2.88 bits per heavy atom. The number of nitrogens with two attached hydrogens (primary N) is 1. The highest BCUT2D eigenvalue weighted by atomic mass is 16.2. The number of aryl methyl sites for hydroxylation is 1. The van der Waals surface area contributed by atoms with E-state index in [2.05, 4.69) is 17.6 Å². The molecule has 0 fully saturated rings. The van der Waals surface area contributed by atoms with Gasteiger partial charge in [0.05, 0.1) is 0 Å². The molecule has 17 heavy (non-hydrogen) atoms. The lowest BCUT2D eigenvalue weighted by molar-refractivity contribution is 0.251. The number of carbonyl (C=O) groups is 1. The van der Waals surface area contributed by atoms with Gasteiger partial charge >= 0.3 is 6.03 Å². The van der Waals surface area contributed by atoms with Gasteiger partial charge in [0.2, 0.25) is 0 Å². The zero-order valence-corrected chi connectivity index (χ0v) is 10.5. The fourth-order valence-electron chi connectivity index (χ4n) is 1.59. The predicted octanol–water partition coefficient (Wildman–Crippen LogP) is 2.24. The van der Waals surface area contributed by atoms with Crippen LogP contribution in [0.4, 0.5) is 10.5 Å². The molecule has 0 heterocycles. The molecule has 4 N–H and O–H groups in total. The second kappa shape index (κ2) is 6.91. The Balaban J connectivity index is 2.34. The van der Waals surface area contributed by atoms with Crippen molar-refractivity contribution in [3.05, 3.63) is 29.8 Å². The molecule has 1 rings (SSSR count). The Morgan fingerprint density at radius 2 is 2.24 bits per heavy atom. The molecule has 0 bridgehead atoms. The highest BCUT2D eigenvalue weighted by molar-refractivity contribution is 5.89. The van der Waals surface area contributed by atoms with Gasteiger partial charge in [-0.2, -0.15) is 0 Å². The SMILES string of the molecule is CCCC(N)CNC(=O)Nc1cccc(C)c1. The largest absolute Gasteiger partial charge is 0.336 e. The third-order valence-electron chi connectivity index (χ3n) is 2.46. The molecule has 4 heteroatoms. The zero-order valence-electron chi connectivity index (χ0n) is 10.5. The Bertz CT molecular complexity index is 365. The predicted molar refractivity (Wildman–Crippen MR) is 71.1 cm³/mol. The van der Waals surface area contributed by atoms with E-state index in [1.165, 1.54) is 0 Å². The van der Waals surface area contributed by atoms with Gasteiger partial charge in [-0.1, -0.05) is 25.5 Å². The minimum Gasteiger partial charge on any atom is -0.336 e. The van der Waals surface area contributed by atoms with Gasteiger partial charge in [-0.3, -0.25) is 0 Å². The summed E-state index contributed by atoms with van der Waals surface area (Å²) in [7, 11) is 0. The number of amides is 2. The number of hydrogen-bond acceptors (Lipinski definition) is 2. The molecule has 0 aromatic heterocycles. The van der Waals surface area contributed by atoms with Crippen LogP contribution in [0.1, 0.15) is 25.3 Å². The highest BCUT2D eigenvalue weighted by Crippen LogP contribution is 2.08. The van der Waals surface area contributed by atoms with Crippen molar-refractivity contribution in [2.75, 3.05) is 11.9 Å². The molecule has 94 valence electrons. The zero-order chi connectivity index (χ0) is 12.7. The van der Waals surface area contributed by atoms with E-state index in [4.69, 9.17) is 5.73 Å². The smallest absolute Gasteiger partial charge is 0.319 e. The van der Waals surface area contributed by atoms with Crippen molar-refractivity contribution in [2.24, 2.45) is 5.73 Å². The van der Waals surface area contributed by atoms with Crippen LogP contribution in [0.25, 0.3) is 0 Å². The molecule has 0 saturated carbocycles. The molecular weight excluding hydrogens is 214 g/mol. The van der Waals surface area contributed by atoms with Crippen LogP contribution >= 0.6 is 0 Å². The topological polar surface area (TPSA) is 67.1 Å². The molecule has 0 saturated heterocycles. The van der Waals surface area contributed by atoms with E-state index >= 15 is 0 Å². The molecule has 0 radical (unpaired) electrons. The van der Waals surface area contributed by atoms with E-state index in [0.717, 1.165) is 24.1 Å². The van der Waals surface area contributed by atoms with Gasteiger partial charge in [0.25, 0.3) is 0 Å². The summed E-state index contributed by atoms with van der Waals surface area (Å²) >= 11 is 0. The summed E-state index contributed by atoms with van der Waals surface area (Å²) in [6, 6.07) is 7.50. The lowest BCUT2D eigenvalue weighted by Crippen LogP contribution is -2.39. The van der Waals surface area contributed by atoms with Crippen molar-refractivity contribution in [2.45, 2.75) is 32.7 Å². The lowest BCUT2D eigenvalue weighted by atomic mass is 10.2. The van der Waals surface area contributed by atoms with Crippen molar-refractivity contribution >= 4 is 11.7 Å². The summed E-state index contributed by atoms with van der Waals surface area (Å²) in [6.07, 6.45) is 1.95. The molecule has 1 aromatic carbocycles. The van der Waals surface area contributed by atoms with Gasteiger partial charge in [-0.05, 0) is 31.0 Å². The highest BCUT2D eigenvalue weighted by Gasteiger charge is 2.04. The molecule has 1 unspecified atom stereocenters. The van der Waals surface area contributed by atoms with Crippen molar-refractivity contribution in [1.82, 2.24) is 5.32 Å². The van der Waals surface area contributed by atoms with Crippen LogP contribution in [0.15, 0.2) is 24.3 Å². The van der Waals surface area contributed by atoms with Gasteiger partial charge in [-0.15, -0.1) is 0 Å². The Kier molecular flexibility index (Phi) is 5.49. The van der Waals surface area contributed by atoms with E-state index in [1.54, 1.807) is 0 Å². The van der Waals surface area contributed by atoms with Crippen LogP contribution in [0.3, 0.4) is 0 Å². The second-order valence-corrected chi connectivity index (χ2v) is 4.25. The summed E-state index contributed by atoms with van der Waals surface area (Å²) in [6.45, 7) is 4.57. The van der Waals surface area contributed by atoms with Crippen LogP contribution < -0.4 is 16.4 Å². The standard InChI is InChI=1S/C13H21N3O/c1-3-5-11(14)9-15-13(17)16-12-7-4-6-10(2)8-12/h4,6-8,11H,3,5,9,14H2,1-2H3,(H2,15,16,17). The second-order valence-electron chi connectivity index (χ2n) is 4.25. The average Bonchev–Trinajstić information content (AvgIpc) is 2.27. The van der Waals surface area contributed by atoms with Crippen molar-refractivity contribution in [3.63, 3.8) is 0 Å². The quantitative estimate of drug-likeness (QED) is 0.732. The van der Waals surface area contributed by atoms with E-state index in [-0.39, 0.29) is 12.1 Å². The molecule has 1 aromatic rings. The summed E-state index contributed by atoms with van der Waals surface area (Å²) < 4.78 is 0. The van der Waals surface area contributed by atoms with E-state index < -0.39 is 0 Å². The van der Waals surface area contributed by atoms with Gasteiger partial charge in [0.15, 0.2) is 0 Å². The first kappa shape index (κ1) is 13.5. The van der Waals surface area contributed by atoms with Gasteiger partial charge in [-0.25, -0.2) is 4.79 Å². The monoisotopic (exact) mass is 235 g/mol. The summed E-state index contributed by atoms with van der Waals surface area (Å²) in [5.41, 5.74) is 7.72. The fraction of sp³-hybridized carbons (Fsp3) is 0.462. The Hall–Kier alpha value is -1.55. The summed E-state index contributed by atoms with van der Waals surface area (Å²) in [4.78, 5) is 11.6. The molecule has 4 nitrogen and oxygen atoms in total. The normalized spacial score (nSPS) is 11.9.